The molecule has 0 atom stereocenters. The number of pyridine rings is 2. The van der Waals surface area contributed by atoms with Crippen molar-refractivity contribution in [3.05, 3.63) is 106 Å². The number of nitrogens with one attached hydrogen (secondary N) is 2. The first-order chi connectivity index (χ1) is 17.4. The second-order valence-corrected chi connectivity index (χ2v) is 8.12. The fourth-order valence-corrected chi connectivity index (χ4v) is 3.77. The van der Waals surface area contributed by atoms with Crippen LogP contribution in [0.1, 0.15) is 47.3 Å². The minimum absolute atomic E-state index is 0.137. The summed E-state index contributed by atoms with van der Waals surface area (Å²) in [5.74, 6) is -0.898. The normalized spacial score (nSPS) is 10.4. The average molecular weight is 499 g/mol. The van der Waals surface area contributed by atoms with Crippen LogP contribution in [0.25, 0.3) is 11.1 Å². The van der Waals surface area contributed by atoms with Gasteiger partial charge in [-0.25, -0.2) is 0 Å². The Kier molecular flexibility index (Phi) is 7.27. The van der Waals surface area contributed by atoms with Gasteiger partial charge in [0.25, 0.3) is 11.8 Å². The summed E-state index contributed by atoms with van der Waals surface area (Å²) in [6.45, 7) is 1.84. The molecule has 0 bridgehead atoms. The first-order valence-corrected chi connectivity index (χ1v) is 11.1. The lowest BCUT2D eigenvalue weighted by molar-refractivity contribution is 0.101. The van der Waals surface area contributed by atoms with Gasteiger partial charge in [-0.3, -0.25) is 29.1 Å². The number of aldehydes is 2. The van der Waals surface area contributed by atoms with Crippen molar-refractivity contribution in [2.24, 2.45) is 0 Å². The zero-order valence-electron chi connectivity index (χ0n) is 19.0. The summed E-state index contributed by atoms with van der Waals surface area (Å²) in [4.78, 5) is 54.9. The Balaban J connectivity index is 1.59. The van der Waals surface area contributed by atoms with Crippen molar-refractivity contribution in [2.45, 2.75) is 6.92 Å². The monoisotopic (exact) mass is 498 g/mol. The number of amides is 2. The molecule has 2 aromatic carbocycles. The number of hydrogen-bond donors (Lipinski definition) is 2. The number of anilines is 2. The van der Waals surface area contributed by atoms with Gasteiger partial charge in [0.2, 0.25) is 0 Å². The SMILES string of the molecule is Cc1c(NC(=O)c2ccc(C=O)cn2)cccc1-c1cccc(NC(=O)c2ccc(C=O)cn2)c1Cl. The van der Waals surface area contributed by atoms with Crippen molar-refractivity contribution < 1.29 is 19.2 Å². The van der Waals surface area contributed by atoms with Gasteiger partial charge in [-0.15, -0.1) is 0 Å². The van der Waals surface area contributed by atoms with Crippen LogP contribution in [0.15, 0.2) is 73.1 Å². The van der Waals surface area contributed by atoms with Crippen LogP contribution in [0, 0.1) is 6.92 Å². The van der Waals surface area contributed by atoms with E-state index >= 15 is 0 Å². The number of rotatable bonds is 7. The third-order valence-electron chi connectivity index (χ3n) is 5.43. The maximum Gasteiger partial charge on any atom is 0.274 e. The highest BCUT2D eigenvalue weighted by molar-refractivity contribution is 6.36. The first kappa shape index (κ1) is 24.4. The van der Waals surface area contributed by atoms with Gasteiger partial charge in [-0.1, -0.05) is 35.9 Å². The molecule has 4 rings (SSSR count). The Bertz CT molecular complexity index is 1360. The summed E-state index contributed by atoms with van der Waals surface area (Å²) in [6, 6.07) is 16.6. The van der Waals surface area contributed by atoms with E-state index in [4.69, 9.17) is 11.6 Å². The number of aromatic nitrogens is 2. The number of halogens is 1. The Morgan fingerprint density at radius 1 is 0.722 bits per heavy atom. The molecule has 9 heteroatoms. The molecular formula is C27H19ClN4O4. The minimum atomic E-state index is -0.475. The van der Waals surface area contributed by atoms with Crippen molar-refractivity contribution >= 4 is 47.4 Å². The van der Waals surface area contributed by atoms with E-state index in [1.165, 1.54) is 36.7 Å². The van der Waals surface area contributed by atoms with Crippen molar-refractivity contribution in [1.29, 1.82) is 0 Å². The van der Waals surface area contributed by atoms with Gasteiger partial charge in [0.1, 0.15) is 11.4 Å². The molecule has 2 N–H and O–H groups in total. The average Bonchev–Trinajstić information content (AvgIpc) is 2.91. The third kappa shape index (κ3) is 5.18. The van der Waals surface area contributed by atoms with Gasteiger partial charge in [-0.2, -0.15) is 0 Å². The predicted molar refractivity (Wildman–Crippen MR) is 137 cm³/mol. The van der Waals surface area contributed by atoms with Crippen LogP contribution >= 0.6 is 11.6 Å². The summed E-state index contributed by atoms with van der Waals surface area (Å²) in [5, 5.41) is 5.90. The van der Waals surface area contributed by atoms with Crippen LogP contribution in [0.4, 0.5) is 11.4 Å². The first-order valence-electron chi connectivity index (χ1n) is 10.7. The lowest BCUT2D eigenvalue weighted by Crippen LogP contribution is -2.15. The van der Waals surface area contributed by atoms with E-state index in [9.17, 15) is 19.2 Å². The molecule has 4 aromatic rings. The van der Waals surface area contributed by atoms with Crippen LogP contribution in [-0.4, -0.2) is 34.4 Å². The van der Waals surface area contributed by atoms with Gasteiger partial charge in [0.15, 0.2) is 12.6 Å². The molecule has 0 aliphatic carbocycles. The van der Waals surface area contributed by atoms with Crippen molar-refractivity contribution in [2.75, 3.05) is 10.6 Å². The van der Waals surface area contributed by atoms with Crippen LogP contribution < -0.4 is 10.6 Å². The summed E-state index contributed by atoms with van der Waals surface area (Å²) < 4.78 is 0. The van der Waals surface area contributed by atoms with E-state index in [-0.39, 0.29) is 11.4 Å². The molecule has 0 aliphatic heterocycles. The van der Waals surface area contributed by atoms with E-state index in [1.807, 2.05) is 19.1 Å². The van der Waals surface area contributed by atoms with Crippen LogP contribution in [0.5, 0.6) is 0 Å². The van der Waals surface area contributed by atoms with Crippen molar-refractivity contribution in [1.82, 2.24) is 9.97 Å². The topological polar surface area (TPSA) is 118 Å². The predicted octanol–water partition coefficient (Wildman–Crippen LogP) is 5.24. The molecule has 2 heterocycles. The van der Waals surface area contributed by atoms with Crippen LogP contribution in [0.3, 0.4) is 0 Å². The van der Waals surface area contributed by atoms with Gasteiger partial charge >= 0.3 is 0 Å². The number of carbonyl (C=O) groups excluding carboxylic acids is 4. The third-order valence-corrected chi connectivity index (χ3v) is 5.84. The second-order valence-electron chi connectivity index (χ2n) is 7.74. The number of hydrogen-bond acceptors (Lipinski definition) is 6. The van der Waals surface area contributed by atoms with Gasteiger partial charge < -0.3 is 10.6 Å². The highest BCUT2D eigenvalue weighted by Crippen LogP contribution is 2.37. The number of benzene rings is 2. The maximum atomic E-state index is 12.7. The summed E-state index contributed by atoms with van der Waals surface area (Å²) >= 11 is 6.67. The molecule has 36 heavy (non-hydrogen) atoms. The standard InChI is InChI=1S/C27H19ClN4O4/c1-16-19(4-2-6-21(16)31-26(35)23-10-8-17(14-33)12-29-23)20-5-3-7-22(25(20)28)32-27(36)24-11-9-18(15-34)13-30-24/h2-15H,1H3,(H,31,35)(H,32,36). The fourth-order valence-electron chi connectivity index (χ4n) is 3.49. The van der Waals surface area contributed by atoms with Crippen LogP contribution in [0.2, 0.25) is 5.02 Å². The Hall–Kier alpha value is -4.69. The van der Waals surface area contributed by atoms with E-state index in [0.29, 0.717) is 45.7 Å². The molecule has 0 saturated heterocycles. The van der Waals surface area contributed by atoms with Crippen molar-refractivity contribution in [3.8, 4) is 11.1 Å². The minimum Gasteiger partial charge on any atom is -0.320 e. The van der Waals surface area contributed by atoms with Gasteiger partial charge in [0, 0.05) is 34.8 Å². The number of nitrogens with zero attached hydrogens (tertiary/aromatic N) is 2. The quantitative estimate of drug-likeness (QED) is 0.336. The second kappa shape index (κ2) is 10.7. The molecule has 0 saturated carbocycles. The molecule has 178 valence electrons. The summed E-state index contributed by atoms with van der Waals surface area (Å²) in [5.41, 5.74) is 4.15. The smallest absolute Gasteiger partial charge is 0.274 e. The molecule has 0 aliphatic rings. The fraction of sp³-hybridized carbons (Fsp3) is 0.0370. The highest BCUT2D eigenvalue weighted by atomic mass is 35.5. The van der Waals surface area contributed by atoms with Crippen LogP contribution in [-0.2, 0) is 0 Å². The summed E-state index contributed by atoms with van der Waals surface area (Å²) in [7, 11) is 0. The molecule has 0 radical (unpaired) electrons. The molecule has 0 fully saturated rings. The zero-order chi connectivity index (χ0) is 25.7. The van der Waals surface area contributed by atoms with E-state index < -0.39 is 11.8 Å². The van der Waals surface area contributed by atoms with E-state index in [0.717, 1.165) is 11.1 Å². The molecule has 0 unspecified atom stereocenters. The Morgan fingerprint density at radius 2 is 1.22 bits per heavy atom. The lowest BCUT2D eigenvalue weighted by Gasteiger charge is -2.15. The molecule has 0 spiro atoms. The van der Waals surface area contributed by atoms with Gasteiger partial charge in [-0.05, 0) is 54.4 Å². The maximum absolute atomic E-state index is 12.7. The van der Waals surface area contributed by atoms with E-state index in [2.05, 4.69) is 20.6 Å². The number of carbonyl (C=O) groups is 4. The Labute approximate surface area is 211 Å². The largest absolute Gasteiger partial charge is 0.320 e. The highest BCUT2D eigenvalue weighted by Gasteiger charge is 2.16. The van der Waals surface area contributed by atoms with Gasteiger partial charge in [0.05, 0.1) is 10.7 Å². The zero-order valence-corrected chi connectivity index (χ0v) is 19.7. The lowest BCUT2D eigenvalue weighted by atomic mass is 9.98. The Morgan fingerprint density at radius 3 is 1.72 bits per heavy atom. The molecule has 2 amide bonds. The van der Waals surface area contributed by atoms with Crippen molar-refractivity contribution in [3.63, 3.8) is 0 Å². The summed E-state index contributed by atoms with van der Waals surface area (Å²) in [6.07, 6.45) is 3.95. The molecular weight excluding hydrogens is 480 g/mol. The molecule has 2 aromatic heterocycles. The molecule has 8 nitrogen and oxygen atoms in total. The van der Waals surface area contributed by atoms with E-state index in [1.54, 1.807) is 24.3 Å².